The Balaban J connectivity index is 1.60. The Labute approximate surface area is 146 Å². The predicted octanol–water partition coefficient (Wildman–Crippen LogP) is 3.51. The molecule has 2 atom stereocenters. The molecule has 6 nitrogen and oxygen atoms in total. The lowest BCUT2D eigenvalue weighted by molar-refractivity contribution is -0.124. The van der Waals surface area contributed by atoms with Gasteiger partial charge >= 0.3 is 0 Å². The SMILES string of the molecule is C[C@H](C(=O)N[C@H](C)c1ccc(Oc2ccccc2)cc1)n1cncn1. The molecular formula is C19H20N4O2. The molecule has 0 bridgehead atoms. The van der Waals surface area contributed by atoms with Crippen LogP contribution in [-0.2, 0) is 4.79 Å². The Morgan fingerprint density at radius 3 is 2.36 bits per heavy atom. The first kappa shape index (κ1) is 16.7. The van der Waals surface area contributed by atoms with Crippen LogP contribution in [0.5, 0.6) is 11.5 Å². The Morgan fingerprint density at radius 1 is 1.04 bits per heavy atom. The van der Waals surface area contributed by atoms with E-state index in [1.165, 1.54) is 17.3 Å². The van der Waals surface area contributed by atoms with E-state index >= 15 is 0 Å². The summed E-state index contributed by atoms with van der Waals surface area (Å²) in [6.45, 7) is 3.73. The summed E-state index contributed by atoms with van der Waals surface area (Å²) in [4.78, 5) is 16.2. The van der Waals surface area contributed by atoms with Gasteiger partial charge in [-0.15, -0.1) is 0 Å². The van der Waals surface area contributed by atoms with Crippen molar-refractivity contribution in [2.24, 2.45) is 0 Å². The second-order valence-corrected chi connectivity index (χ2v) is 5.77. The molecule has 1 amide bonds. The van der Waals surface area contributed by atoms with Gasteiger partial charge in [-0.1, -0.05) is 30.3 Å². The molecule has 128 valence electrons. The average Bonchev–Trinajstić information content (AvgIpc) is 3.17. The summed E-state index contributed by atoms with van der Waals surface area (Å²) in [5.74, 6) is 1.44. The van der Waals surface area contributed by atoms with E-state index in [-0.39, 0.29) is 11.9 Å². The van der Waals surface area contributed by atoms with Crippen LogP contribution < -0.4 is 10.1 Å². The van der Waals surface area contributed by atoms with Crippen LogP contribution in [0.3, 0.4) is 0 Å². The van der Waals surface area contributed by atoms with Crippen molar-refractivity contribution in [1.29, 1.82) is 0 Å². The van der Waals surface area contributed by atoms with E-state index in [4.69, 9.17) is 4.74 Å². The van der Waals surface area contributed by atoms with E-state index in [1.807, 2.05) is 61.5 Å². The highest BCUT2D eigenvalue weighted by Crippen LogP contribution is 2.23. The number of para-hydroxylation sites is 1. The van der Waals surface area contributed by atoms with Gasteiger partial charge in [-0.05, 0) is 43.7 Å². The fraction of sp³-hybridized carbons (Fsp3) is 0.211. The molecule has 0 saturated carbocycles. The molecule has 1 heterocycles. The van der Waals surface area contributed by atoms with Gasteiger partial charge in [0.15, 0.2) is 0 Å². The second kappa shape index (κ2) is 7.61. The van der Waals surface area contributed by atoms with Gasteiger partial charge in [0.1, 0.15) is 30.2 Å². The molecule has 0 aliphatic carbocycles. The molecule has 0 saturated heterocycles. The monoisotopic (exact) mass is 336 g/mol. The number of ether oxygens (including phenoxy) is 1. The normalized spacial score (nSPS) is 13.0. The van der Waals surface area contributed by atoms with Crippen LogP contribution in [0.15, 0.2) is 67.3 Å². The van der Waals surface area contributed by atoms with Crippen LogP contribution >= 0.6 is 0 Å². The standard InChI is InChI=1S/C19H20N4O2/c1-14(22-19(24)15(2)23-13-20-12-21-23)16-8-10-18(11-9-16)25-17-6-4-3-5-7-17/h3-15H,1-2H3,(H,22,24)/t14-,15-/m1/s1. The number of amides is 1. The van der Waals surface area contributed by atoms with Crippen molar-refractivity contribution in [2.45, 2.75) is 25.9 Å². The zero-order valence-electron chi connectivity index (χ0n) is 14.2. The maximum absolute atomic E-state index is 12.3. The number of carbonyl (C=O) groups excluding carboxylic acids is 1. The summed E-state index contributed by atoms with van der Waals surface area (Å²) in [5.41, 5.74) is 1.000. The van der Waals surface area contributed by atoms with Crippen molar-refractivity contribution in [3.8, 4) is 11.5 Å². The fourth-order valence-corrected chi connectivity index (χ4v) is 2.40. The molecule has 0 spiro atoms. The number of nitrogens with zero attached hydrogens (tertiary/aromatic N) is 3. The summed E-state index contributed by atoms with van der Waals surface area (Å²) < 4.78 is 7.30. The van der Waals surface area contributed by atoms with Gasteiger partial charge in [0.2, 0.25) is 5.91 Å². The minimum atomic E-state index is -0.411. The Kier molecular flexibility index (Phi) is 5.09. The van der Waals surface area contributed by atoms with Crippen LogP contribution in [-0.4, -0.2) is 20.7 Å². The third kappa shape index (κ3) is 4.23. The van der Waals surface area contributed by atoms with Crippen molar-refractivity contribution in [3.05, 3.63) is 72.8 Å². The van der Waals surface area contributed by atoms with Crippen LogP contribution in [0.2, 0.25) is 0 Å². The number of carbonyl (C=O) groups is 1. The van der Waals surface area contributed by atoms with Gasteiger partial charge in [-0.2, -0.15) is 5.10 Å². The third-order valence-corrected chi connectivity index (χ3v) is 3.93. The predicted molar refractivity (Wildman–Crippen MR) is 94.2 cm³/mol. The number of aromatic nitrogens is 3. The molecule has 3 aromatic rings. The van der Waals surface area contributed by atoms with E-state index in [0.717, 1.165) is 17.1 Å². The number of benzene rings is 2. The highest BCUT2D eigenvalue weighted by atomic mass is 16.5. The first-order valence-corrected chi connectivity index (χ1v) is 8.11. The molecule has 2 aromatic carbocycles. The van der Waals surface area contributed by atoms with Crippen molar-refractivity contribution >= 4 is 5.91 Å². The summed E-state index contributed by atoms with van der Waals surface area (Å²) in [5, 5.41) is 6.98. The minimum absolute atomic E-state index is 0.109. The van der Waals surface area contributed by atoms with Crippen LogP contribution in [0.25, 0.3) is 0 Å². The Morgan fingerprint density at radius 2 is 1.72 bits per heavy atom. The van der Waals surface area contributed by atoms with Crippen molar-refractivity contribution in [3.63, 3.8) is 0 Å². The highest BCUT2D eigenvalue weighted by Gasteiger charge is 2.18. The van der Waals surface area contributed by atoms with E-state index < -0.39 is 6.04 Å². The summed E-state index contributed by atoms with van der Waals surface area (Å²) in [6, 6.07) is 16.8. The number of hydrogen-bond acceptors (Lipinski definition) is 4. The van der Waals surface area contributed by atoms with E-state index in [9.17, 15) is 4.79 Å². The van der Waals surface area contributed by atoms with E-state index in [2.05, 4.69) is 15.4 Å². The molecule has 6 heteroatoms. The Hall–Kier alpha value is -3.15. The quantitative estimate of drug-likeness (QED) is 0.748. The van der Waals surface area contributed by atoms with Crippen LogP contribution in [0.4, 0.5) is 0 Å². The molecule has 0 fully saturated rings. The lowest BCUT2D eigenvalue weighted by Crippen LogP contribution is -2.33. The molecule has 1 N–H and O–H groups in total. The molecule has 0 aliphatic heterocycles. The molecule has 0 radical (unpaired) electrons. The second-order valence-electron chi connectivity index (χ2n) is 5.77. The molecule has 0 unspecified atom stereocenters. The lowest BCUT2D eigenvalue weighted by Gasteiger charge is -2.18. The first-order chi connectivity index (χ1) is 12.1. The van der Waals surface area contributed by atoms with E-state index in [1.54, 1.807) is 6.92 Å². The molecule has 25 heavy (non-hydrogen) atoms. The summed E-state index contributed by atoms with van der Waals surface area (Å²) in [6.07, 6.45) is 2.95. The number of hydrogen-bond donors (Lipinski definition) is 1. The number of nitrogens with one attached hydrogen (secondary N) is 1. The van der Waals surface area contributed by atoms with Gasteiger partial charge in [0.05, 0.1) is 6.04 Å². The van der Waals surface area contributed by atoms with Crippen molar-refractivity contribution in [2.75, 3.05) is 0 Å². The van der Waals surface area contributed by atoms with Gasteiger partial charge in [-0.3, -0.25) is 4.79 Å². The highest BCUT2D eigenvalue weighted by molar-refractivity contribution is 5.80. The Bertz CT molecular complexity index is 801. The van der Waals surface area contributed by atoms with Gasteiger partial charge < -0.3 is 10.1 Å². The van der Waals surface area contributed by atoms with Gasteiger partial charge in [0.25, 0.3) is 0 Å². The van der Waals surface area contributed by atoms with E-state index in [0.29, 0.717) is 0 Å². The van der Waals surface area contributed by atoms with Crippen LogP contribution in [0, 0.1) is 0 Å². The first-order valence-electron chi connectivity index (χ1n) is 8.11. The van der Waals surface area contributed by atoms with Crippen molar-refractivity contribution in [1.82, 2.24) is 20.1 Å². The third-order valence-electron chi connectivity index (χ3n) is 3.93. The fourth-order valence-electron chi connectivity index (χ4n) is 2.40. The van der Waals surface area contributed by atoms with Crippen LogP contribution in [0.1, 0.15) is 31.5 Å². The summed E-state index contributed by atoms with van der Waals surface area (Å²) >= 11 is 0. The minimum Gasteiger partial charge on any atom is -0.457 e. The molecule has 0 aliphatic rings. The van der Waals surface area contributed by atoms with Gasteiger partial charge in [0, 0.05) is 0 Å². The zero-order valence-corrected chi connectivity index (χ0v) is 14.2. The number of rotatable bonds is 6. The lowest BCUT2D eigenvalue weighted by atomic mass is 10.1. The smallest absolute Gasteiger partial charge is 0.245 e. The van der Waals surface area contributed by atoms with Gasteiger partial charge in [-0.25, -0.2) is 9.67 Å². The largest absolute Gasteiger partial charge is 0.457 e. The topological polar surface area (TPSA) is 69.0 Å². The maximum Gasteiger partial charge on any atom is 0.245 e. The molecule has 1 aromatic heterocycles. The molecular weight excluding hydrogens is 316 g/mol. The van der Waals surface area contributed by atoms with Crippen molar-refractivity contribution < 1.29 is 9.53 Å². The maximum atomic E-state index is 12.3. The average molecular weight is 336 g/mol. The molecule has 3 rings (SSSR count). The summed E-state index contributed by atoms with van der Waals surface area (Å²) in [7, 11) is 0. The zero-order chi connectivity index (χ0) is 17.6.